The maximum absolute atomic E-state index is 14.7. The first kappa shape index (κ1) is 38.3. The number of aryl methyl sites for hydroxylation is 1. The van der Waals surface area contributed by atoms with Gasteiger partial charge < -0.3 is 15.4 Å². The fourth-order valence-corrected chi connectivity index (χ4v) is 12.6. The largest absolute Gasteiger partial charge is 0.378 e. The second-order valence-electron chi connectivity index (χ2n) is 18.6. The molecule has 0 spiro atoms. The monoisotopic (exact) mass is 776 g/mol. The molecule has 0 saturated heterocycles. The summed E-state index contributed by atoms with van der Waals surface area (Å²) in [6.45, 7) is 5.80. The standard InChI is InChI=1S/C46H57FN6O4/c1-45-19-17-31(54)22-28(45)11-14-32-34-15-16-38(46(34,2)20-18-35(32)45)57-21-7-5-4-6-8-39(56)51-30-12-9-27(10-13-30)42-41(44-49-26-50-53(44)3)43-40-33(37(55)25-48-43)23-29(47)24-36(40)52-42/h9-10,12-13,23-24,26,28,32,34-35,38,41-42,52H,4-8,11,14-22,25H2,1-3H3,(H,51,56)/t28-,32-,34-,35-,38?,41+,42+,45-,46-/m0/s1. The SMILES string of the molecule is Cn1ncnc1[C@H]1C2=NCC(=O)c3cc(F)cc(c32)N[C@@H]1c1ccc(NC(=O)CCCCCCOC2CC[C@H]3[C@@H]4CC[C@H]5CC(=O)CC[C@]5(C)[C@H]4CC[C@]23C)cc1. The summed E-state index contributed by atoms with van der Waals surface area (Å²) in [6, 6.07) is 10.0. The number of hydrogen-bond donors (Lipinski definition) is 2. The lowest BCUT2D eigenvalue weighted by molar-refractivity contribution is -0.145. The number of carbonyl (C=O) groups excluding carboxylic acids is 3. The summed E-state index contributed by atoms with van der Waals surface area (Å²) in [5, 5.41) is 10.8. The van der Waals surface area contributed by atoms with E-state index in [1.807, 2.05) is 31.3 Å². The molecule has 1 unspecified atom stereocenters. The molecule has 2 aromatic carbocycles. The number of ether oxygens (including phenoxy) is 1. The Morgan fingerprint density at radius 2 is 1.79 bits per heavy atom. The highest BCUT2D eigenvalue weighted by Crippen LogP contribution is 2.66. The van der Waals surface area contributed by atoms with Crippen molar-refractivity contribution in [3.8, 4) is 0 Å². The van der Waals surface area contributed by atoms with Gasteiger partial charge in [0, 0.05) is 55.4 Å². The molecule has 11 heteroatoms. The highest BCUT2D eigenvalue weighted by Gasteiger charge is 2.60. The van der Waals surface area contributed by atoms with Crippen molar-refractivity contribution in [3.63, 3.8) is 0 Å². The van der Waals surface area contributed by atoms with Gasteiger partial charge >= 0.3 is 0 Å². The van der Waals surface area contributed by atoms with Crippen LogP contribution in [0.2, 0.25) is 0 Å². The van der Waals surface area contributed by atoms with E-state index in [0.717, 1.165) is 74.9 Å². The third kappa shape index (κ3) is 6.85. The number of aliphatic imine (C=N–C) groups is 1. The predicted molar refractivity (Wildman–Crippen MR) is 217 cm³/mol. The molecule has 1 amide bonds. The summed E-state index contributed by atoms with van der Waals surface area (Å²) in [5.74, 6) is 3.04. The van der Waals surface area contributed by atoms with Crippen LogP contribution in [0, 0.1) is 40.3 Å². The Morgan fingerprint density at radius 1 is 0.982 bits per heavy atom. The summed E-state index contributed by atoms with van der Waals surface area (Å²) >= 11 is 0. The predicted octanol–water partition coefficient (Wildman–Crippen LogP) is 8.78. The van der Waals surface area contributed by atoms with E-state index >= 15 is 0 Å². The quantitative estimate of drug-likeness (QED) is 0.187. The lowest BCUT2D eigenvalue weighted by atomic mass is 9.45. The van der Waals surface area contributed by atoms with Crippen LogP contribution in [0.15, 0.2) is 47.7 Å². The van der Waals surface area contributed by atoms with Gasteiger partial charge in [0.15, 0.2) is 5.78 Å². The van der Waals surface area contributed by atoms with E-state index in [0.29, 0.717) is 63.7 Å². The molecule has 0 radical (unpaired) electrons. The van der Waals surface area contributed by atoms with Crippen LogP contribution in [-0.4, -0.2) is 57.2 Å². The van der Waals surface area contributed by atoms with Crippen molar-refractivity contribution >= 4 is 34.6 Å². The van der Waals surface area contributed by atoms with Gasteiger partial charge in [-0.1, -0.05) is 38.8 Å². The first-order valence-corrected chi connectivity index (χ1v) is 21.6. The van der Waals surface area contributed by atoms with Crippen molar-refractivity contribution in [1.29, 1.82) is 0 Å². The Morgan fingerprint density at radius 3 is 2.60 bits per heavy atom. The minimum atomic E-state index is -0.477. The van der Waals surface area contributed by atoms with Gasteiger partial charge in [-0.2, -0.15) is 5.10 Å². The number of aromatic nitrogens is 3. The molecule has 4 saturated carbocycles. The molecule has 9 rings (SSSR count). The number of rotatable bonds is 11. The molecule has 3 heterocycles. The van der Waals surface area contributed by atoms with Gasteiger partial charge in [0.25, 0.3) is 0 Å². The zero-order chi connectivity index (χ0) is 39.5. The van der Waals surface area contributed by atoms with Crippen LogP contribution in [-0.2, 0) is 21.4 Å². The van der Waals surface area contributed by atoms with E-state index in [9.17, 15) is 18.8 Å². The number of nitrogens with one attached hydrogen (secondary N) is 2. The number of halogens is 1. The van der Waals surface area contributed by atoms with Crippen LogP contribution in [0.25, 0.3) is 0 Å². The second-order valence-corrected chi connectivity index (χ2v) is 18.6. The summed E-state index contributed by atoms with van der Waals surface area (Å²) in [5.41, 5.74) is 4.43. The Balaban J connectivity index is 0.741. The molecular weight excluding hydrogens is 720 g/mol. The molecule has 10 nitrogen and oxygen atoms in total. The van der Waals surface area contributed by atoms with Crippen molar-refractivity contribution in [2.24, 2.45) is 46.5 Å². The molecule has 57 heavy (non-hydrogen) atoms. The fraction of sp³-hybridized carbons (Fsp3) is 0.609. The molecule has 4 fully saturated rings. The molecule has 3 aromatic rings. The molecule has 6 aliphatic rings. The molecule has 302 valence electrons. The molecule has 4 aliphatic carbocycles. The third-order valence-electron chi connectivity index (χ3n) is 15.6. The van der Waals surface area contributed by atoms with Crippen molar-refractivity contribution < 1.29 is 23.5 Å². The number of ketones is 2. The first-order chi connectivity index (χ1) is 27.5. The van der Waals surface area contributed by atoms with E-state index in [4.69, 9.17) is 4.74 Å². The summed E-state index contributed by atoms with van der Waals surface area (Å²) < 4.78 is 23.0. The first-order valence-electron chi connectivity index (χ1n) is 21.6. The van der Waals surface area contributed by atoms with Crippen LogP contribution >= 0.6 is 0 Å². The second kappa shape index (κ2) is 15.2. The van der Waals surface area contributed by atoms with Gasteiger partial charge in [-0.05, 0) is 122 Å². The van der Waals surface area contributed by atoms with Crippen molar-refractivity contribution in [2.45, 2.75) is 122 Å². The number of Topliss-reactive ketones (excluding diaryl/α,β-unsaturated/α-hetero) is 2. The van der Waals surface area contributed by atoms with E-state index in [1.165, 1.54) is 57.0 Å². The number of anilines is 2. The van der Waals surface area contributed by atoms with Gasteiger partial charge in [0.2, 0.25) is 5.91 Å². The van der Waals surface area contributed by atoms with Gasteiger partial charge in [-0.25, -0.2) is 9.37 Å². The van der Waals surface area contributed by atoms with Gasteiger partial charge in [0.05, 0.1) is 23.8 Å². The number of unbranched alkanes of at least 4 members (excludes halogenated alkanes) is 3. The summed E-state index contributed by atoms with van der Waals surface area (Å²) in [6.07, 6.45) is 16.5. The van der Waals surface area contributed by atoms with Crippen molar-refractivity contribution in [2.75, 3.05) is 23.8 Å². The van der Waals surface area contributed by atoms with E-state index in [2.05, 4.69) is 39.6 Å². The molecule has 2 N–H and O–H groups in total. The Kier molecular flexibility index (Phi) is 10.2. The summed E-state index contributed by atoms with van der Waals surface area (Å²) in [7, 11) is 1.82. The maximum atomic E-state index is 14.7. The molecular formula is C46H57FN6O4. The Bertz CT molecular complexity index is 2080. The number of amides is 1. The topological polar surface area (TPSA) is 128 Å². The number of hydrogen-bond acceptors (Lipinski definition) is 8. The maximum Gasteiger partial charge on any atom is 0.224 e. The highest BCUT2D eigenvalue weighted by molar-refractivity contribution is 6.21. The van der Waals surface area contributed by atoms with E-state index in [1.54, 1.807) is 4.68 Å². The average molecular weight is 777 g/mol. The fourth-order valence-electron chi connectivity index (χ4n) is 12.6. The van der Waals surface area contributed by atoms with Crippen LogP contribution in [0.4, 0.5) is 15.8 Å². The van der Waals surface area contributed by atoms with Crippen LogP contribution < -0.4 is 10.6 Å². The average Bonchev–Trinajstić information content (AvgIpc) is 3.77. The molecule has 2 aliphatic heterocycles. The van der Waals surface area contributed by atoms with Gasteiger partial charge in [0.1, 0.15) is 30.3 Å². The number of benzene rings is 2. The lowest BCUT2D eigenvalue weighted by Crippen LogP contribution is -2.54. The zero-order valence-electron chi connectivity index (χ0n) is 33.7. The van der Waals surface area contributed by atoms with E-state index < -0.39 is 5.82 Å². The van der Waals surface area contributed by atoms with E-state index in [-0.39, 0.29) is 35.6 Å². The number of carbonyl (C=O) groups is 3. The normalized spacial score (nSPS) is 32.7. The number of nitrogens with zero attached hydrogens (tertiary/aromatic N) is 4. The van der Waals surface area contributed by atoms with Crippen LogP contribution in [0.3, 0.4) is 0 Å². The van der Waals surface area contributed by atoms with Crippen molar-refractivity contribution in [3.05, 3.63) is 71.1 Å². The molecule has 9 atom stereocenters. The van der Waals surface area contributed by atoms with Gasteiger partial charge in [-0.15, -0.1) is 0 Å². The van der Waals surface area contributed by atoms with Crippen molar-refractivity contribution in [1.82, 2.24) is 14.8 Å². The lowest BCUT2D eigenvalue weighted by Gasteiger charge is -2.60. The highest BCUT2D eigenvalue weighted by atomic mass is 19.1. The minimum Gasteiger partial charge on any atom is -0.378 e. The third-order valence-corrected chi connectivity index (χ3v) is 15.6. The zero-order valence-corrected chi connectivity index (χ0v) is 33.7. The van der Waals surface area contributed by atoms with Crippen LogP contribution in [0.5, 0.6) is 0 Å². The van der Waals surface area contributed by atoms with Crippen LogP contribution in [0.1, 0.15) is 143 Å². The number of fused-ring (bicyclic) bond motifs is 5. The minimum absolute atomic E-state index is 0.00634. The summed E-state index contributed by atoms with van der Waals surface area (Å²) in [4.78, 5) is 47.2. The van der Waals surface area contributed by atoms with Gasteiger partial charge in [-0.3, -0.25) is 24.1 Å². The Hall–Kier alpha value is -4.25. The molecule has 1 aromatic heterocycles. The Labute approximate surface area is 335 Å². The molecule has 0 bridgehead atoms. The smallest absolute Gasteiger partial charge is 0.224 e.